The summed E-state index contributed by atoms with van der Waals surface area (Å²) in [5.74, 6) is 1.95. The van der Waals surface area contributed by atoms with Gasteiger partial charge in [0.15, 0.2) is 0 Å². The van der Waals surface area contributed by atoms with Crippen LogP contribution in [0.25, 0.3) is 0 Å². The summed E-state index contributed by atoms with van der Waals surface area (Å²) in [6.07, 6.45) is 4.36. The monoisotopic (exact) mass is 694 g/mol. The molecule has 0 aliphatic carbocycles. The molecule has 5 aliphatic heterocycles. The lowest BCUT2D eigenvalue weighted by atomic mass is 10.7. The third-order valence-corrected chi connectivity index (χ3v) is 21.7. The van der Waals surface area contributed by atoms with Gasteiger partial charge in [-0.25, -0.2) is 0 Å². The highest BCUT2D eigenvalue weighted by Crippen LogP contribution is 2.73. The minimum Gasteiger partial charge on any atom is -0.378 e. The third kappa shape index (κ3) is 7.96. The van der Waals surface area contributed by atoms with Crippen LogP contribution in [-0.2, 0) is 14.2 Å². The van der Waals surface area contributed by atoms with Gasteiger partial charge in [-0.2, -0.15) is 0 Å². The summed E-state index contributed by atoms with van der Waals surface area (Å²) in [4.78, 5) is 0. The van der Waals surface area contributed by atoms with Crippen LogP contribution in [-0.4, -0.2) is 63.7 Å². The summed E-state index contributed by atoms with van der Waals surface area (Å²) < 4.78 is 31.5. The lowest BCUT2D eigenvalue weighted by Gasteiger charge is -2.08. The second-order valence-electron chi connectivity index (χ2n) is 6.63. The zero-order chi connectivity index (χ0) is 24.0. The summed E-state index contributed by atoms with van der Waals surface area (Å²) >= 11 is 23.3. The van der Waals surface area contributed by atoms with Gasteiger partial charge in [0.05, 0.1) is 82.0 Å². The van der Waals surface area contributed by atoms with E-state index in [1.807, 2.05) is 141 Å². The maximum atomic E-state index is 5.74. The maximum absolute atomic E-state index is 5.74. The van der Waals surface area contributed by atoms with Gasteiger partial charge in [0.25, 0.3) is 0 Å². The van der Waals surface area contributed by atoms with Crippen molar-refractivity contribution in [1.29, 1.82) is 0 Å². The topological polar surface area (TPSA) is 27.7 Å². The van der Waals surface area contributed by atoms with E-state index in [0.29, 0.717) is 26.4 Å². The molecule has 192 valence electrons. The SMILES string of the molecule is CSC1=C(SC)SC(=C2SC3=C(S2)SC(=C2SC4=C(SCCOCCOCCOCCS4)S2)S3)S1. The Morgan fingerprint density at radius 1 is 0.429 bits per heavy atom. The van der Waals surface area contributed by atoms with Crippen molar-refractivity contribution in [3.05, 3.63) is 42.4 Å². The van der Waals surface area contributed by atoms with Crippen molar-refractivity contribution in [1.82, 2.24) is 0 Å². The van der Waals surface area contributed by atoms with E-state index < -0.39 is 0 Å². The van der Waals surface area contributed by atoms with Gasteiger partial charge in [-0.3, -0.25) is 0 Å². The molecule has 0 aromatic heterocycles. The molecule has 35 heavy (non-hydrogen) atoms. The Hall–Kier alpha value is 2.78. The fourth-order valence-electron chi connectivity index (χ4n) is 2.82. The average molecular weight is 695 g/mol. The second-order valence-corrected chi connectivity index (χ2v) is 21.2. The van der Waals surface area contributed by atoms with Gasteiger partial charge in [0, 0.05) is 11.5 Å². The number of hydrogen-bond acceptors (Lipinski definition) is 15. The Kier molecular flexibility index (Phi) is 12.7. The van der Waals surface area contributed by atoms with E-state index in [4.69, 9.17) is 14.2 Å². The van der Waals surface area contributed by atoms with Crippen LogP contribution >= 0.6 is 141 Å². The maximum Gasteiger partial charge on any atom is 0.0718 e. The highest BCUT2D eigenvalue weighted by Gasteiger charge is 2.37. The Bertz CT molecular complexity index is 918. The van der Waals surface area contributed by atoms with Crippen LogP contribution in [0.2, 0.25) is 0 Å². The van der Waals surface area contributed by atoms with Crippen molar-refractivity contribution in [3.63, 3.8) is 0 Å². The number of ether oxygens (including phenoxy) is 3. The van der Waals surface area contributed by atoms with Crippen LogP contribution in [0.4, 0.5) is 0 Å². The van der Waals surface area contributed by atoms with Gasteiger partial charge in [-0.05, 0) is 12.5 Å². The molecule has 0 N–H and O–H groups in total. The molecule has 0 radical (unpaired) electrons. The first kappa shape index (κ1) is 29.3. The highest BCUT2D eigenvalue weighted by molar-refractivity contribution is 8.51. The molecule has 0 spiro atoms. The summed E-state index contributed by atoms with van der Waals surface area (Å²) in [6.45, 7) is 4.11. The molecule has 0 amide bonds. The van der Waals surface area contributed by atoms with Crippen molar-refractivity contribution >= 4 is 141 Å². The van der Waals surface area contributed by atoms with E-state index in [1.54, 1.807) is 0 Å². The van der Waals surface area contributed by atoms with Crippen LogP contribution in [0.1, 0.15) is 0 Å². The molecule has 5 aliphatic rings. The number of rotatable bonds is 2. The summed E-state index contributed by atoms with van der Waals surface area (Å²) in [5, 5.41) is 0. The molecular weight excluding hydrogens is 673 g/mol. The predicted molar refractivity (Wildman–Crippen MR) is 180 cm³/mol. The minimum absolute atomic E-state index is 0.642. The van der Waals surface area contributed by atoms with E-state index in [2.05, 4.69) is 12.5 Å². The zero-order valence-electron chi connectivity index (χ0n) is 18.8. The molecule has 0 saturated carbocycles. The summed E-state index contributed by atoms with van der Waals surface area (Å²) in [6, 6.07) is 0. The van der Waals surface area contributed by atoms with E-state index in [1.165, 1.54) is 42.4 Å². The van der Waals surface area contributed by atoms with Crippen molar-refractivity contribution in [3.8, 4) is 0 Å². The second kappa shape index (κ2) is 15.1. The van der Waals surface area contributed by atoms with Gasteiger partial charge >= 0.3 is 0 Å². The Balaban J connectivity index is 1.19. The molecule has 0 aromatic rings. The first-order valence-corrected chi connectivity index (χ1v) is 21.4. The lowest BCUT2D eigenvalue weighted by molar-refractivity contribution is 0.0205. The van der Waals surface area contributed by atoms with Crippen LogP contribution in [0, 0.1) is 0 Å². The smallest absolute Gasteiger partial charge is 0.0718 e. The highest BCUT2D eigenvalue weighted by atomic mass is 32.3. The Labute approximate surface area is 258 Å². The van der Waals surface area contributed by atoms with E-state index in [9.17, 15) is 0 Å². The van der Waals surface area contributed by atoms with Gasteiger partial charge < -0.3 is 14.2 Å². The molecule has 5 rings (SSSR count). The first-order chi connectivity index (χ1) is 17.2. The molecule has 15 heteroatoms. The molecule has 5 heterocycles. The van der Waals surface area contributed by atoms with Gasteiger partial charge in [-0.15, -0.1) is 47.0 Å². The normalized spacial score (nSPS) is 25.5. The van der Waals surface area contributed by atoms with Gasteiger partial charge in [0.1, 0.15) is 0 Å². The van der Waals surface area contributed by atoms with Crippen LogP contribution in [0.3, 0.4) is 0 Å². The quantitative estimate of drug-likeness (QED) is 0.274. The van der Waals surface area contributed by atoms with Crippen LogP contribution in [0.15, 0.2) is 42.4 Å². The molecule has 0 atom stereocenters. The minimum atomic E-state index is 0.642. The Morgan fingerprint density at radius 2 is 0.743 bits per heavy atom. The zero-order valence-corrected chi connectivity index (χ0v) is 28.6. The fourth-order valence-corrected chi connectivity index (χ4v) is 20.5. The molecule has 0 unspecified atom stereocenters. The average Bonchev–Trinajstić information content (AvgIpc) is 3.62. The molecule has 0 saturated heterocycles. The van der Waals surface area contributed by atoms with Crippen LogP contribution < -0.4 is 0 Å². The fraction of sp³-hybridized carbons (Fsp3) is 0.500. The molecular formula is C20H22O3S12. The molecule has 0 bridgehead atoms. The largest absolute Gasteiger partial charge is 0.378 e. The van der Waals surface area contributed by atoms with Crippen molar-refractivity contribution < 1.29 is 14.2 Å². The van der Waals surface area contributed by atoms with E-state index in [-0.39, 0.29) is 0 Å². The van der Waals surface area contributed by atoms with Crippen LogP contribution in [0.5, 0.6) is 0 Å². The Morgan fingerprint density at radius 3 is 1.11 bits per heavy atom. The molecule has 3 nitrogen and oxygen atoms in total. The van der Waals surface area contributed by atoms with Gasteiger partial charge in [0.2, 0.25) is 0 Å². The van der Waals surface area contributed by atoms with E-state index >= 15 is 0 Å². The summed E-state index contributed by atoms with van der Waals surface area (Å²) in [7, 11) is 0. The van der Waals surface area contributed by atoms with E-state index in [0.717, 1.165) is 24.7 Å². The number of hydrogen-bond donors (Lipinski definition) is 0. The standard InChI is InChI=1S/C20H22O3S12/c1-24-11-12(25-2)29-15(28-11)17-32-19-20(33-17)35-18(34-19)16-30-13-14(31-16)27-10-8-23-6-4-21-3-5-22-7-9-26-13/h3-10H2,1-2H3. The van der Waals surface area contributed by atoms with Crippen molar-refractivity contribution in [2.45, 2.75) is 0 Å². The van der Waals surface area contributed by atoms with Crippen molar-refractivity contribution in [2.24, 2.45) is 0 Å². The van der Waals surface area contributed by atoms with Crippen molar-refractivity contribution in [2.75, 3.05) is 63.7 Å². The summed E-state index contributed by atoms with van der Waals surface area (Å²) in [5.41, 5.74) is 0. The first-order valence-electron chi connectivity index (χ1n) is 10.5. The number of thioether (sulfide) groups is 12. The lowest BCUT2D eigenvalue weighted by Crippen LogP contribution is -2.11. The third-order valence-electron chi connectivity index (χ3n) is 4.35. The van der Waals surface area contributed by atoms with Gasteiger partial charge in [-0.1, -0.05) is 94.1 Å². The molecule has 0 aromatic carbocycles. The predicted octanol–water partition coefficient (Wildman–Crippen LogP) is 9.80. The molecule has 0 fully saturated rings.